The summed E-state index contributed by atoms with van der Waals surface area (Å²) in [6.07, 6.45) is 5.42. The maximum Gasteiger partial charge on any atom is 0.323 e. The smallest absolute Gasteiger partial charge is 0.323 e. The highest BCUT2D eigenvalue weighted by Crippen LogP contribution is 2.28. The zero-order valence-electron chi connectivity index (χ0n) is 14.3. The van der Waals surface area contributed by atoms with Crippen molar-refractivity contribution >= 4 is 28.3 Å². The minimum absolute atomic E-state index is 0.271. The third-order valence-electron chi connectivity index (χ3n) is 4.30. The second kappa shape index (κ2) is 6.74. The summed E-state index contributed by atoms with van der Waals surface area (Å²) in [5.41, 5.74) is 5.27. The van der Waals surface area contributed by atoms with Crippen LogP contribution < -0.4 is 10.6 Å². The van der Waals surface area contributed by atoms with Gasteiger partial charge < -0.3 is 15.2 Å². The number of pyridine rings is 1. The summed E-state index contributed by atoms with van der Waals surface area (Å²) >= 11 is 0. The van der Waals surface area contributed by atoms with Gasteiger partial charge in [0.15, 0.2) is 0 Å². The van der Waals surface area contributed by atoms with Gasteiger partial charge in [0.2, 0.25) is 0 Å². The van der Waals surface area contributed by atoms with Crippen molar-refractivity contribution in [1.82, 2.24) is 9.55 Å². The van der Waals surface area contributed by atoms with Gasteiger partial charge in [0.05, 0.1) is 11.9 Å². The lowest BCUT2D eigenvalue weighted by molar-refractivity contribution is 0.262. The van der Waals surface area contributed by atoms with Crippen LogP contribution in [0.25, 0.3) is 10.9 Å². The molecule has 3 aromatic rings. The molecule has 0 spiro atoms. The Bertz CT molecular complexity index is 868. The average Bonchev–Trinajstić information content (AvgIpc) is 2.81. The number of rotatable bonds is 4. The van der Waals surface area contributed by atoms with Crippen molar-refractivity contribution in [1.29, 1.82) is 0 Å². The monoisotopic (exact) mass is 322 g/mol. The Balaban J connectivity index is 1.85. The molecule has 124 valence electrons. The number of hydrogen-bond donors (Lipinski definition) is 2. The van der Waals surface area contributed by atoms with E-state index >= 15 is 0 Å². The molecule has 2 aromatic heterocycles. The van der Waals surface area contributed by atoms with Crippen LogP contribution in [-0.4, -0.2) is 15.6 Å². The van der Waals surface area contributed by atoms with Gasteiger partial charge >= 0.3 is 6.03 Å². The first-order valence-electron chi connectivity index (χ1n) is 8.16. The molecule has 24 heavy (non-hydrogen) atoms. The highest BCUT2D eigenvalue weighted by molar-refractivity contribution is 6.01. The summed E-state index contributed by atoms with van der Waals surface area (Å²) in [6, 6.07) is 9.35. The van der Waals surface area contributed by atoms with E-state index in [0.29, 0.717) is 5.69 Å². The van der Waals surface area contributed by atoms with E-state index in [0.717, 1.165) is 18.5 Å². The Hall–Kier alpha value is -2.82. The SMILES string of the molecule is CCCc1c(C)n(C)c2ccc(NC(=O)Nc3cccnc3)cc12. The summed E-state index contributed by atoms with van der Waals surface area (Å²) < 4.78 is 2.21. The summed E-state index contributed by atoms with van der Waals surface area (Å²) in [4.78, 5) is 16.1. The van der Waals surface area contributed by atoms with Crippen LogP contribution in [0.4, 0.5) is 16.2 Å². The van der Waals surface area contributed by atoms with Crippen LogP contribution in [0, 0.1) is 6.92 Å². The zero-order chi connectivity index (χ0) is 17.1. The lowest BCUT2D eigenvalue weighted by atomic mass is 10.1. The number of fused-ring (bicyclic) bond motifs is 1. The van der Waals surface area contributed by atoms with Gasteiger partial charge in [-0.25, -0.2) is 4.79 Å². The third-order valence-corrected chi connectivity index (χ3v) is 4.30. The van der Waals surface area contributed by atoms with Crippen molar-refractivity contribution in [2.24, 2.45) is 7.05 Å². The molecule has 5 nitrogen and oxygen atoms in total. The molecule has 0 fully saturated rings. The Labute approximate surface area is 141 Å². The van der Waals surface area contributed by atoms with Crippen molar-refractivity contribution in [3.8, 4) is 0 Å². The first-order valence-corrected chi connectivity index (χ1v) is 8.16. The number of aromatic nitrogens is 2. The average molecular weight is 322 g/mol. The fourth-order valence-corrected chi connectivity index (χ4v) is 3.02. The van der Waals surface area contributed by atoms with Crippen LogP contribution >= 0.6 is 0 Å². The van der Waals surface area contributed by atoms with E-state index in [1.807, 2.05) is 6.07 Å². The van der Waals surface area contributed by atoms with E-state index in [9.17, 15) is 4.79 Å². The molecule has 2 N–H and O–H groups in total. The number of aryl methyl sites for hydroxylation is 2. The first-order chi connectivity index (χ1) is 11.6. The Kier molecular flexibility index (Phi) is 4.51. The number of urea groups is 1. The van der Waals surface area contributed by atoms with Gasteiger partial charge in [-0.3, -0.25) is 4.98 Å². The second-order valence-electron chi connectivity index (χ2n) is 5.93. The molecule has 0 bridgehead atoms. The van der Waals surface area contributed by atoms with Crippen LogP contribution in [0.1, 0.15) is 24.6 Å². The van der Waals surface area contributed by atoms with Crippen LogP contribution in [0.15, 0.2) is 42.7 Å². The minimum Gasteiger partial charge on any atom is -0.348 e. The Morgan fingerprint density at radius 3 is 2.71 bits per heavy atom. The lowest BCUT2D eigenvalue weighted by Crippen LogP contribution is -2.19. The summed E-state index contributed by atoms with van der Waals surface area (Å²) in [5, 5.41) is 6.88. The molecule has 0 saturated carbocycles. The maximum absolute atomic E-state index is 12.1. The topological polar surface area (TPSA) is 59.0 Å². The van der Waals surface area contributed by atoms with Gasteiger partial charge in [-0.1, -0.05) is 13.3 Å². The second-order valence-corrected chi connectivity index (χ2v) is 5.93. The Morgan fingerprint density at radius 1 is 1.21 bits per heavy atom. The first kappa shape index (κ1) is 16.1. The molecule has 1 aromatic carbocycles. The van der Waals surface area contributed by atoms with Gasteiger partial charge in [-0.2, -0.15) is 0 Å². The van der Waals surface area contributed by atoms with Crippen LogP contribution in [0.2, 0.25) is 0 Å². The summed E-state index contributed by atoms with van der Waals surface area (Å²) in [7, 11) is 2.08. The van der Waals surface area contributed by atoms with E-state index < -0.39 is 0 Å². The molecule has 0 aliphatic heterocycles. The quantitative estimate of drug-likeness (QED) is 0.744. The lowest BCUT2D eigenvalue weighted by Gasteiger charge is -2.08. The van der Waals surface area contributed by atoms with Gasteiger partial charge in [-0.15, -0.1) is 0 Å². The third kappa shape index (κ3) is 3.11. The van der Waals surface area contributed by atoms with Crippen LogP contribution in [0.5, 0.6) is 0 Å². The van der Waals surface area contributed by atoms with Gasteiger partial charge in [-0.05, 0) is 49.2 Å². The number of carbonyl (C=O) groups is 1. The fraction of sp³-hybridized carbons (Fsp3) is 0.263. The summed E-state index contributed by atoms with van der Waals surface area (Å²) in [5.74, 6) is 0. The molecule has 2 amide bonds. The largest absolute Gasteiger partial charge is 0.348 e. The highest BCUT2D eigenvalue weighted by Gasteiger charge is 2.12. The molecule has 0 aliphatic carbocycles. The predicted octanol–water partition coefficient (Wildman–Crippen LogP) is 4.48. The molecule has 0 unspecified atom stereocenters. The Morgan fingerprint density at radius 2 is 2.00 bits per heavy atom. The summed E-state index contributed by atoms with van der Waals surface area (Å²) in [6.45, 7) is 4.33. The number of anilines is 2. The number of nitrogens with zero attached hydrogens (tertiary/aromatic N) is 2. The molecular weight excluding hydrogens is 300 g/mol. The van der Waals surface area contributed by atoms with Crippen molar-refractivity contribution < 1.29 is 4.79 Å². The fourth-order valence-electron chi connectivity index (χ4n) is 3.02. The zero-order valence-corrected chi connectivity index (χ0v) is 14.3. The van der Waals surface area contributed by atoms with E-state index in [2.05, 4.69) is 53.2 Å². The normalized spacial score (nSPS) is 10.8. The highest BCUT2D eigenvalue weighted by atomic mass is 16.2. The van der Waals surface area contributed by atoms with Crippen LogP contribution in [-0.2, 0) is 13.5 Å². The van der Waals surface area contributed by atoms with Gasteiger partial charge in [0.25, 0.3) is 0 Å². The van der Waals surface area contributed by atoms with Crippen molar-refractivity contribution in [2.75, 3.05) is 10.6 Å². The number of hydrogen-bond acceptors (Lipinski definition) is 2. The molecule has 0 saturated heterocycles. The number of amides is 2. The van der Waals surface area contributed by atoms with E-state index in [1.54, 1.807) is 24.5 Å². The molecule has 3 rings (SSSR count). The molecular formula is C19H22N4O. The van der Waals surface area contributed by atoms with Crippen LogP contribution in [0.3, 0.4) is 0 Å². The minimum atomic E-state index is -0.271. The van der Waals surface area contributed by atoms with Crippen molar-refractivity contribution in [3.05, 3.63) is 54.0 Å². The molecule has 0 radical (unpaired) electrons. The van der Waals surface area contributed by atoms with Crippen molar-refractivity contribution in [3.63, 3.8) is 0 Å². The number of nitrogens with one attached hydrogen (secondary N) is 2. The van der Waals surface area contributed by atoms with E-state index in [1.165, 1.54) is 22.2 Å². The van der Waals surface area contributed by atoms with Crippen molar-refractivity contribution in [2.45, 2.75) is 26.7 Å². The standard InChI is InChI=1S/C19H22N4O/c1-4-6-16-13(2)23(3)18-9-8-14(11-17(16)18)21-19(24)22-15-7-5-10-20-12-15/h5,7-12H,4,6H2,1-3H3,(H2,21,22,24). The number of carbonyl (C=O) groups excluding carboxylic acids is 1. The molecule has 0 atom stereocenters. The van der Waals surface area contributed by atoms with Gasteiger partial charge in [0.1, 0.15) is 0 Å². The van der Waals surface area contributed by atoms with E-state index in [-0.39, 0.29) is 6.03 Å². The maximum atomic E-state index is 12.1. The van der Waals surface area contributed by atoms with Gasteiger partial charge in [0, 0.05) is 35.5 Å². The number of benzene rings is 1. The molecule has 2 heterocycles. The molecule has 0 aliphatic rings. The van der Waals surface area contributed by atoms with E-state index in [4.69, 9.17) is 0 Å². The molecule has 5 heteroatoms. The predicted molar refractivity (Wildman–Crippen MR) is 98.5 cm³/mol.